The number of aliphatic hydroxyl groups is 1. The molecule has 0 bridgehead atoms. The van der Waals surface area contributed by atoms with Crippen LogP contribution in [0.2, 0.25) is 0 Å². The molecule has 0 radical (unpaired) electrons. The van der Waals surface area contributed by atoms with Gasteiger partial charge in [0.1, 0.15) is 5.78 Å². The number of alkyl halides is 3. The predicted octanol–water partition coefficient (Wildman–Crippen LogP) is 1.87. The Balaban J connectivity index is 0. The van der Waals surface area contributed by atoms with Crippen molar-refractivity contribution in [3.05, 3.63) is 29.8 Å². The van der Waals surface area contributed by atoms with E-state index in [-0.39, 0.29) is 70.0 Å². The number of benzene rings is 1. The third-order valence-corrected chi connectivity index (χ3v) is 3.22. The topological polar surface area (TPSA) is 49.7 Å². The number of rotatable bonds is 5. The molecular weight excluding hydrogens is 358 g/mol. The van der Waals surface area contributed by atoms with E-state index in [1.54, 1.807) is 33.8 Å². The van der Waals surface area contributed by atoms with Crippen molar-refractivity contribution in [3.63, 3.8) is 0 Å². The molecule has 136 valence electrons. The van der Waals surface area contributed by atoms with Gasteiger partial charge in [-0.15, -0.1) is 12.5 Å². The van der Waals surface area contributed by atoms with Crippen LogP contribution >= 0.6 is 0 Å². The van der Waals surface area contributed by atoms with Crippen LogP contribution in [0.25, 0.3) is 0 Å². The molecular formula is C18H24F3KNO2-. The van der Waals surface area contributed by atoms with Crippen LogP contribution < -0.4 is 51.4 Å². The number of aliphatic imine (C=N–C) groups is 1. The Morgan fingerprint density at radius 3 is 2.24 bits per heavy atom. The fourth-order valence-corrected chi connectivity index (χ4v) is 1.59. The maximum absolute atomic E-state index is 11.8. The van der Waals surface area contributed by atoms with E-state index in [0.29, 0.717) is 0 Å². The molecule has 1 unspecified atom stereocenters. The van der Waals surface area contributed by atoms with Crippen molar-refractivity contribution < 1.29 is 74.5 Å². The van der Waals surface area contributed by atoms with Crippen molar-refractivity contribution in [3.8, 4) is 0 Å². The molecule has 1 atom stereocenters. The molecule has 0 saturated heterocycles. The fraction of sp³-hybridized carbons (Fsp3) is 0.556. The Hall–Kier alpha value is -0.0536. The summed E-state index contributed by atoms with van der Waals surface area (Å²) in [6.07, 6.45) is -1.77. The van der Waals surface area contributed by atoms with Crippen molar-refractivity contribution in [2.75, 3.05) is 0 Å². The minimum atomic E-state index is -4.23. The zero-order valence-electron chi connectivity index (χ0n) is 15.7. The van der Waals surface area contributed by atoms with E-state index in [2.05, 4.69) is 17.3 Å². The normalized spacial score (nSPS) is 12.8. The van der Waals surface area contributed by atoms with Crippen LogP contribution in [0.15, 0.2) is 23.2 Å². The van der Waals surface area contributed by atoms with Gasteiger partial charge in [-0.25, -0.2) is 11.8 Å². The molecule has 0 heterocycles. The van der Waals surface area contributed by atoms with E-state index in [0.717, 1.165) is 18.2 Å². The van der Waals surface area contributed by atoms with Gasteiger partial charge in [0.05, 0.1) is 5.92 Å². The average molecular weight is 382 g/mol. The SMILES string of the molecule is CCC(=O)CC(C)C(F)(F)F.C[C-]=Nc1[c-]cc(C(C)(C)O)cc1.[K+]. The molecule has 1 N–H and O–H groups in total. The third-order valence-electron chi connectivity index (χ3n) is 3.22. The quantitative estimate of drug-likeness (QED) is 0.480. The van der Waals surface area contributed by atoms with Crippen LogP contribution in [0.5, 0.6) is 0 Å². The largest absolute Gasteiger partial charge is 1.00 e. The molecule has 25 heavy (non-hydrogen) atoms. The number of nitrogens with zero attached hydrogens (tertiary/aromatic N) is 1. The summed E-state index contributed by atoms with van der Waals surface area (Å²) < 4.78 is 35.4. The van der Waals surface area contributed by atoms with Gasteiger partial charge in [-0.05, 0) is 13.8 Å². The average Bonchev–Trinajstić information content (AvgIpc) is 2.46. The van der Waals surface area contributed by atoms with Crippen molar-refractivity contribution in [2.24, 2.45) is 10.9 Å². The van der Waals surface area contributed by atoms with Gasteiger partial charge in [0.15, 0.2) is 0 Å². The van der Waals surface area contributed by atoms with E-state index >= 15 is 0 Å². The monoisotopic (exact) mass is 382 g/mol. The van der Waals surface area contributed by atoms with E-state index in [1.807, 2.05) is 12.1 Å². The van der Waals surface area contributed by atoms with Crippen LogP contribution in [-0.4, -0.2) is 23.3 Å². The zero-order chi connectivity index (χ0) is 19.0. The first kappa shape index (κ1) is 27.2. The summed E-state index contributed by atoms with van der Waals surface area (Å²) in [5, 5.41) is 9.64. The number of carbonyl (C=O) groups excluding carboxylic acids is 1. The van der Waals surface area contributed by atoms with E-state index < -0.39 is 17.7 Å². The van der Waals surface area contributed by atoms with Crippen LogP contribution in [0.3, 0.4) is 0 Å². The molecule has 7 heteroatoms. The van der Waals surface area contributed by atoms with Crippen molar-refractivity contribution >= 4 is 17.7 Å². The first-order valence-electron chi connectivity index (χ1n) is 7.62. The standard InChI is InChI=1S/C11H13NO.C7H11F3O.K/c1-4-12-10-7-5-9(6-8-10)11(2,3)13;1-3-6(11)4-5(2)7(8,9)10;/h5-7,13H,1-3H3;5H,3-4H2,1-2H3;/q-2;;+1. The summed E-state index contributed by atoms with van der Waals surface area (Å²) in [7, 11) is 0. The summed E-state index contributed by atoms with van der Waals surface area (Å²) in [6.45, 7) is 7.80. The summed E-state index contributed by atoms with van der Waals surface area (Å²) in [4.78, 5) is 14.5. The Kier molecular flexibility index (Phi) is 13.4. The summed E-state index contributed by atoms with van der Waals surface area (Å²) in [5.41, 5.74) is 0.757. The number of carbonyl (C=O) groups is 1. The first-order valence-corrected chi connectivity index (χ1v) is 7.62. The van der Waals surface area contributed by atoms with Gasteiger partial charge in [0.2, 0.25) is 0 Å². The molecule has 0 spiro atoms. The number of halogens is 3. The number of ketones is 1. The second-order valence-electron chi connectivity index (χ2n) is 5.90. The van der Waals surface area contributed by atoms with Gasteiger partial charge in [0, 0.05) is 18.4 Å². The van der Waals surface area contributed by atoms with E-state index in [9.17, 15) is 23.1 Å². The van der Waals surface area contributed by atoms with Crippen LogP contribution in [-0.2, 0) is 10.4 Å². The molecule has 1 aromatic carbocycles. The maximum Gasteiger partial charge on any atom is 1.00 e. The molecule has 3 nitrogen and oxygen atoms in total. The van der Waals surface area contributed by atoms with E-state index in [1.165, 1.54) is 0 Å². The smallest absolute Gasteiger partial charge is 0.482 e. The van der Waals surface area contributed by atoms with E-state index in [4.69, 9.17) is 0 Å². The maximum atomic E-state index is 11.8. The number of hydrogen-bond donors (Lipinski definition) is 1. The van der Waals surface area contributed by atoms with Crippen molar-refractivity contribution in [1.82, 2.24) is 0 Å². The zero-order valence-corrected chi connectivity index (χ0v) is 18.8. The van der Waals surface area contributed by atoms with Gasteiger partial charge in [-0.1, -0.05) is 13.8 Å². The van der Waals surface area contributed by atoms with Gasteiger partial charge < -0.3 is 10.1 Å². The second kappa shape index (κ2) is 12.4. The number of hydrogen-bond acceptors (Lipinski definition) is 3. The van der Waals surface area contributed by atoms with Crippen molar-refractivity contribution in [2.45, 2.75) is 59.2 Å². The molecule has 0 aliphatic carbocycles. The molecule has 0 amide bonds. The minimum absolute atomic E-state index is 0. The summed E-state index contributed by atoms with van der Waals surface area (Å²) in [6, 6.07) is 8.35. The van der Waals surface area contributed by atoms with Gasteiger partial charge in [0.25, 0.3) is 0 Å². The fourth-order valence-electron chi connectivity index (χ4n) is 1.59. The summed E-state index contributed by atoms with van der Waals surface area (Å²) >= 11 is 0. The Morgan fingerprint density at radius 2 is 1.92 bits per heavy atom. The van der Waals surface area contributed by atoms with Crippen LogP contribution in [0, 0.1) is 12.0 Å². The third kappa shape index (κ3) is 12.0. The summed E-state index contributed by atoms with van der Waals surface area (Å²) in [5.74, 6) is -1.84. The van der Waals surface area contributed by atoms with Crippen molar-refractivity contribution in [1.29, 1.82) is 0 Å². The Bertz CT molecular complexity index is 535. The van der Waals surface area contributed by atoms with Crippen LogP contribution in [0.1, 0.15) is 53.0 Å². The second-order valence-corrected chi connectivity index (χ2v) is 5.90. The molecule has 0 aromatic heterocycles. The molecule has 0 aliphatic heterocycles. The van der Waals surface area contributed by atoms with Gasteiger partial charge in [-0.3, -0.25) is 10.9 Å². The molecule has 1 aromatic rings. The van der Waals surface area contributed by atoms with Gasteiger partial charge >= 0.3 is 57.6 Å². The minimum Gasteiger partial charge on any atom is -0.482 e. The van der Waals surface area contributed by atoms with Gasteiger partial charge in [-0.2, -0.15) is 31.5 Å². The molecule has 0 saturated carbocycles. The Morgan fingerprint density at radius 1 is 1.36 bits per heavy atom. The molecule has 0 aliphatic rings. The predicted molar refractivity (Wildman–Crippen MR) is 88.4 cm³/mol. The molecule has 0 fully saturated rings. The first-order chi connectivity index (χ1) is 10.9. The Labute approximate surface area is 190 Å². The molecule has 1 rings (SSSR count). The number of Topliss-reactive ketones (excluding diaryl/α,β-unsaturated/α-hetero) is 1. The van der Waals surface area contributed by atoms with Crippen LogP contribution in [0.4, 0.5) is 18.9 Å².